The molecule has 7 heteroatoms. The molecule has 1 aliphatic heterocycles. The van der Waals surface area contributed by atoms with Crippen LogP contribution in [0.1, 0.15) is 20.3 Å². The first-order valence-electron chi connectivity index (χ1n) is 8.28. The normalized spacial score (nSPS) is 18.0. The number of hydrogen-bond acceptors (Lipinski definition) is 5. The average molecular weight is 325 g/mol. The molecule has 0 aromatic carbocycles. The predicted molar refractivity (Wildman–Crippen MR) is 94.0 cm³/mol. The number of rotatable bonds is 4. The quantitative estimate of drug-likeness (QED) is 0.874. The van der Waals surface area contributed by atoms with E-state index in [-0.39, 0.29) is 0 Å². The van der Waals surface area contributed by atoms with Crippen molar-refractivity contribution in [2.24, 2.45) is 13.0 Å². The fourth-order valence-electron chi connectivity index (χ4n) is 3.10. The molecule has 126 valence electrons. The van der Waals surface area contributed by atoms with E-state index in [1.54, 1.807) is 17.1 Å². The van der Waals surface area contributed by atoms with Crippen molar-refractivity contribution in [2.75, 3.05) is 24.5 Å². The molecule has 3 rings (SSSR count). The molecule has 1 N–H and O–H groups in total. The summed E-state index contributed by atoms with van der Waals surface area (Å²) in [4.78, 5) is 14.8. The fourth-order valence-corrected chi connectivity index (χ4v) is 3.10. The Morgan fingerprint density at radius 1 is 1.42 bits per heavy atom. The molecule has 0 spiro atoms. The van der Waals surface area contributed by atoms with Gasteiger partial charge in [0.25, 0.3) is 0 Å². The van der Waals surface area contributed by atoms with Gasteiger partial charge < -0.3 is 10.2 Å². The minimum atomic E-state index is 0.425. The number of aromatic nitrogens is 4. The predicted octanol–water partition coefficient (Wildman–Crippen LogP) is 2.25. The van der Waals surface area contributed by atoms with E-state index in [0.29, 0.717) is 23.5 Å². The van der Waals surface area contributed by atoms with Gasteiger partial charge in [-0.25, -0.2) is 14.8 Å². The summed E-state index contributed by atoms with van der Waals surface area (Å²) in [6, 6.07) is 0.425. The van der Waals surface area contributed by atoms with Crippen LogP contribution in [0.3, 0.4) is 0 Å². The zero-order valence-electron chi connectivity index (χ0n) is 14.4. The SMILES string of the molecule is [C-]#[N+]c1cnc(-c2cnn(C)c2)nc1N1CCN[C@H](CC(C)C)C1. The van der Waals surface area contributed by atoms with Gasteiger partial charge in [0.1, 0.15) is 5.82 Å². The lowest BCUT2D eigenvalue weighted by Gasteiger charge is -2.36. The second kappa shape index (κ2) is 6.97. The second-order valence-electron chi connectivity index (χ2n) is 6.64. The van der Waals surface area contributed by atoms with Gasteiger partial charge in [-0.2, -0.15) is 5.10 Å². The van der Waals surface area contributed by atoms with Crippen molar-refractivity contribution in [1.29, 1.82) is 0 Å². The van der Waals surface area contributed by atoms with Gasteiger partial charge in [-0.1, -0.05) is 13.8 Å². The Bertz CT molecular complexity index is 744. The molecule has 0 amide bonds. The van der Waals surface area contributed by atoms with Crippen molar-refractivity contribution >= 4 is 11.5 Å². The summed E-state index contributed by atoms with van der Waals surface area (Å²) in [7, 11) is 1.87. The highest BCUT2D eigenvalue weighted by Gasteiger charge is 2.24. The van der Waals surface area contributed by atoms with Crippen LogP contribution in [-0.2, 0) is 7.05 Å². The zero-order chi connectivity index (χ0) is 17.1. The monoisotopic (exact) mass is 325 g/mol. The van der Waals surface area contributed by atoms with Crippen molar-refractivity contribution in [1.82, 2.24) is 25.1 Å². The van der Waals surface area contributed by atoms with Crippen LogP contribution in [0.5, 0.6) is 0 Å². The van der Waals surface area contributed by atoms with Crippen molar-refractivity contribution < 1.29 is 0 Å². The highest BCUT2D eigenvalue weighted by Crippen LogP contribution is 2.29. The molecule has 1 aliphatic rings. The summed E-state index contributed by atoms with van der Waals surface area (Å²) >= 11 is 0. The Morgan fingerprint density at radius 2 is 2.25 bits per heavy atom. The van der Waals surface area contributed by atoms with E-state index >= 15 is 0 Å². The van der Waals surface area contributed by atoms with Crippen molar-refractivity contribution in [2.45, 2.75) is 26.3 Å². The molecule has 7 nitrogen and oxygen atoms in total. The van der Waals surface area contributed by atoms with E-state index in [1.165, 1.54) is 0 Å². The molecular weight excluding hydrogens is 302 g/mol. The lowest BCUT2D eigenvalue weighted by atomic mass is 10.0. The summed E-state index contributed by atoms with van der Waals surface area (Å²) in [5.74, 6) is 1.98. The fraction of sp³-hybridized carbons (Fsp3) is 0.529. The van der Waals surface area contributed by atoms with Crippen molar-refractivity contribution in [3.05, 3.63) is 30.0 Å². The lowest BCUT2D eigenvalue weighted by Crippen LogP contribution is -2.51. The van der Waals surface area contributed by atoms with Crippen LogP contribution in [0.2, 0.25) is 0 Å². The van der Waals surface area contributed by atoms with Gasteiger partial charge in [-0.05, 0) is 12.3 Å². The van der Waals surface area contributed by atoms with Gasteiger partial charge in [0.05, 0.1) is 18.3 Å². The molecule has 2 aromatic heterocycles. The largest absolute Gasteiger partial charge is 0.362 e. The number of aryl methyl sites for hydroxylation is 1. The number of anilines is 1. The molecule has 3 heterocycles. The van der Waals surface area contributed by atoms with Crippen molar-refractivity contribution in [3.63, 3.8) is 0 Å². The Kier molecular flexibility index (Phi) is 4.76. The van der Waals surface area contributed by atoms with E-state index in [1.807, 2.05) is 13.2 Å². The summed E-state index contributed by atoms with van der Waals surface area (Å²) in [5, 5.41) is 7.74. The van der Waals surface area contributed by atoms with Crippen LogP contribution in [-0.4, -0.2) is 45.4 Å². The summed E-state index contributed by atoms with van der Waals surface area (Å²) < 4.78 is 1.73. The Hall–Kier alpha value is -2.46. The van der Waals surface area contributed by atoms with Crippen LogP contribution in [0.15, 0.2) is 18.6 Å². The third kappa shape index (κ3) is 3.54. The summed E-state index contributed by atoms with van der Waals surface area (Å²) in [6.07, 6.45) is 6.37. The molecule has 24 heavy (non-hydrogen) atoms. The summed E-state index contributed by atoms with van der Waals surface area (Å²) in [6.45, 7) is 14.5. The van der Waals surface area contributed by atoms with Gasteiger partial charge in [0, 0.05) is 45.1 Å². The maximum atomic E-state index is 7.43. The molecule has 0 radical (unpaired) electrons. The minimum absolute atomic E-state index is 0.425. The van der Waals surface area contributed by atoms with E-state index in [2.05, 4.69) is 44.0 Å². The molecule has 1 fully saturated rings. The molecule has 1 saturated heterocycles. The molecule has 0 aliphatic carbocycles. The average Bonchev–Trinajstić information content (AvgIpc) is 3.00. The highest BCUT2D eigenvalue weighted by molar-refractivity contribution is 5.69. The summed E-state index contributed by atoms with van der Waals surface area (Å²) in [5.41, 5.74) is 1.37. The topological polar surface area (TPSA) is 63.2 Å². The minimum Gasteiger partial charge on any atom is -0.362 e. The van der Waals surface area contributed by atoms with E-state index in [4.69, 9.17) is 6.57 Å². The van der Waals surface area contributed by atoms with Gasteiger partial charge in [-0.15, -0.1) is 0 Å². The first kappa shape index (κ1) is 16.4. The first-order chi connectivity index (χ1) is 11.6. The molecular formula is C17H23N7. The number of nitrogens with zero attached hydrogens (tertiary/aromatic N) is 6. The maximum absolute atomic E-state index is 7.43. The van der Waals surface area contributed by atoms with Crippen molar-refractivity contribution in [3.8, 4) is 11.4 Å². The third-order valence-electron chi connectivity index (χ3n) is 4.14. The Labute approximate surface area is 142 Å². The smallest absolute Gasteiger partial charge is 0.246 e. The Balaban J connectivity index is 1.89. The van der Waals surface area contributed by atoms with Crippen LogP contribution in [0.25, 0.3) is 16.2 Å². The van der Waals surface area contributed by atoms with E-state index in [0.717, 1.165) is 37.4 Å². The first-order valence-corrected chi connectivity index (χ1v) is 8.28. The Morgan fingerprint density at radius 3 is 2.92 bits per heavy atom. The number of hydrogen-bond donors (Lipinski definition) is 1. The third-order valence-corrected chi connectivity index (χ3v) is 4.14. The zero-order valence-corrected chi connectivity index (χ0v) is 14.4. The molecule has 2 aromatic rings. The van der Waals surface area contributed by atoms with Gasteiger partial charge >= 0.3 is 0 Å². The molecule has 0 unspecified atom stereocenters. The van der Waals surface area contributed by atoms with Gasteiger partial charge in [-0.3, -0.25) is 4.68 Å². The lowest BCUT2D eigenvalue weighted by molar-refractivity contribution is 0.387. The molecule has 0 saturated carbocycles. The van der Waals surface area contributed by atoms with Crippen LogP contribution in [0.4, 0.5) is 11.5 Å². The van der Waals surface area contributed by atoms with Crippen LogP contribution >= 0.6 is 0 Å². The number of piperazine rings is 1. The molecule has 0 bridgehead atoms. The molecule has 1 atom stereocenters. The van der Waals surface area contributed by atoms with Gasteiger partial charge in [0.2, 0.25) is 5.69 Å². The van der Waals surface area contributed by atoms with E-state index < -0.39 is 0 Å². The highest BCUT2D eigenvalue weighted by atomic mass is 15.3. The second-order valence-corrected chi connectivity index (χ2v) is 6.64. The van der Waals surface area contributed by atoms with Gasteiger partial charge in [0.15, 0.2) is 5.82 Å². The van der Waals surface area contributed by atoms with E-state index in [9.17, 15) is 0 Å². The standard InChI is InChI=1S/C17H23N7/c1-12(2)7-14-11-24(6-5-19-14)17-15(18-3)9-20-16(22-17)13-8-21-23(4)10-13/h8-10,12,14,19H,5-7,11H2,1-2,4H3/t14-/m1/s1. The van der Waals surface area contributed by atoms with Crippen LogP contribution in [0, 0.1) is 12.5 Å². The van der Waals surface area contributed by atoms with Crippen LogP contribution < -0.4 is 10.2 Å². The maximum Gasteiger partial charge on any atom is 0.246 e. The number of nitrogens with one attached hydrogen (secondary N) is 1.